The molecule has 0 N–H and O–H groups in total. The number of piperazine rings is 1. The summed E-state index contributed by atoms with van der Waals surface area (Å²) in [6.07, 6.45) is 1.41. The predicted molar refractivity (Wildman–Crippen MR) is 58.2 cm³/mol. The van der Waals surface area contributed by atoms with Gasteiger partial charge in [-0.05, 0) is 20.5 Å². The first kappa shape index (κ1) is 11.6. The lowest BCUT2D eigenvalue weighted by molar-refractivity contribution is 0.176. The lowest BCUT2D eigenvalue weighted by Crippen LogP contribution is -2.42. The van der Waals surface area contributed by atoms with Gasteiger partial charge in [0, 0.05) is 25.2 Å². The summed E-state index contributed by atoms with van der Waals surface area (Å²) >= 11 is 0. The molecule has 2 saturated heterocycles. The van der Waals surface area contributed by atoms with Crippen molar-refractivity contribution >= 4 is 27.0 Å². The third-order valence-electron chi connectivity index (χ3n) is 2.79. The Morgan fingerprint density at radius 2 is 1.27 bits per heavy atom. The van der Waals surface area contributed by atoms with Crippen LogP contribution >= 0.6 is 27.0 Å². The van der Waals surface area contributed by atoms with E-state index in [4.69, 9.17) is 0 Å². The van der Waals surface area contributed by atoms with E-state index in [2.05, 4.69) is 23.9 Å². The zero-order chi connectivity index (χ0) is 6.43. The molecule has 0 amide bonds. The van der Waals surface area contributed by atoms with Crippen LogP contribution in [0.2, 0.25) is 0 Å². The highest BCUT2D eigenvalue weighted by atomic mass is 32.1. The van der Waals surface area contributed by atoms with Gasteiger partial charge in [-0.1, -0.05) is 0 Å². The first-order chi connectivity index (χ1) is 4.27. The normalized spacial score (nSPS) is 36.5. The molecule has 0 spiro atoms. The fourth-order valence-corrected chi connectivity index (χ4v) is 2.06. The molecule has 0 aromatic rings. The average Bonchev–Trinajstić information content (AvgIpc) is 2.24. The maximum Gasteiger partial charge on any atom is 0.0236 e. The molecule has 11 heavy (non-hydrogen) atoms. The van der Waals surface area contributed by atoms with E-state index in [1.54, 1.807) is 0 Å². The summed E-state index contributed by atoms with van der Waals surface area (Å²) in [5.41, 5.74) is 0. The molecule has 2 rings (SSSR count). The van der Waals surface area contributed by atoms with Crippen molar-refractivity contribution < 1.29 is 0 Å². The van der Waals surface area contributed by atoms with E-state index < -0.39 is 0 Å². The molecule has 0 radical (unpaired) electrons. The highest BCUT2D eigenvalue weighted by molar-refractivity contribution is 7.59. The monoisotopic (exact) mass is 194 g/mol. The molecule has 0 aromatic heterocycles. The average molecular weight is 194 g/mol. The first-order valence-corrected chi connectivity index (χ1v) is 3.68. The van der Waals surface area contributed by atoms with Gasteiger partial charge in [0.15, 0.2) is 0 Å². The Labute approximate surface area is 82.8 Å². The van der Waals surface area contributed by atoms with Crippen LogP contribution in [0.25, 0.3) is 0 Å². The third-order valence-corrected chi connectivity index (χ3v) is 2.79. The Balaban J connectivity index is 0.000000500. The van der Waals surface area contributed by atoms with Crippen LogP contribution in [-0.2, 0) is 0 Å². The van der Waals surface area contributed by atoms with Gasteiger partial charge in [0.1, 0.15) is 0 Å². The van der Waals surface area contributed by atoms with Crippen LogP contribution in [0.4, 0.5) is 0 Å². The van der Waals surface area contributed by atoms with Crippen molar-refractivity contribution in [2.45, 2.75) is 18.5 Å². The van der Waals surface area contributed by atoms with Crippen LogP contribution in [0.1, 0.15) is 6.42 Å². The fraction of sp³-hybridized carbons (Fsp3) is 1.00. The molecule has 2 unspecified atom stereocenters. The Kier molecular flexibility index (Phi) is 4.26. The van der Waals surface area contributed by atoms with Gasteiger partial charge in [0.05, 0.1) is 0 Å². The quantitative estimate of drug-likeness (QED) is 0.545. The summed E-state index contributed by atoms with van der Waals surface area (Å²) in [4.78, 5) is 4.95. The maximum atomic E-state index is 2.48. The highest BCUT2D eigenvalue weighted by Gasteiger charge is 2.38. The summed E-state index contributed by atoms with van der Waals surface area (Å²) < 4.78 is 0. The molecule has 2 heterocycles. The van der Waals surface area contributed by atoms with Gasteiger partial charge in [0.25, 0.3) is 0 Å². The van der Waals surface area contributed by atoms with Gasteiger partial charge in [-0.3, -0.25) is 0 Å². The molecule has 0 aliphatic carbocycles. The molecule has 0 aromatic carbocycles. The lowest BCUT2D eigenvalue weighted by Gasteiger charge is -2.28. The summed E-state index contributed by atoms with van der Waals surface area (Å²) in [6, 6.07) is 1.75. The number of hydrogen-bond donors (Lipinski definition) is 0. The topological polar surface area (TPSA) is 6.48 Å². The summed E-state index contributed by atoms with van der Waals surface area (Å²) in [5.74, 6) is 0. The van der Waals surface area contributed by atoms with E-state index in [1.807, 2.05) is 0 Å². The molecule has 68 valence electrons. The Hall–Kier alpha value is 0.620. The summed E-state index contributed by atoms with van der Waals surface area (Å²) in [7, 11) is 4.47. The van der Waals surface area contributed by atoms with Gasteiger partial charge >= 0.3 is 0 Å². The van der Waals surface area contributed by atoms with Crippen molar-refractivity contribution in [3.8, 4) is 0 Å². The Bertz CT molecular complexity index is 114. The van der Waals surface area contributed by atoms with Crippen LogP contribution in [0.5, 0.6) is 0 Å². The summed E-state index contributed by atoms with van der Waals surface area (Å²) in [5, 5.41) is 0. The smallest absolute Gasteiger partial charge is 0.0236 e. The van der Waals surface area contributed by atoms with Gasteiger partial charge < -0.3 is 9.80 Å². The molecule has 2 aliphatic rings. The third kappa shape index (κ3) is 1.86. The molecule has 4 heteroatoms. The zero-order valence-electron chi connectivity index (χ0n) is 7.17. The van der Waals surface area contributed by atoms with Crippen molar-refractivity contribution in [2.24, 2.45) is 0 Å². The lowest BCUT2D eigenvalue weighted by atomic mass is 10.2. The second-order valence-corrected chi connectivity index (χ2v) is 3.42. The summed E-state index contributed by atoms with van der Waals surface area (Å²) in [6.45, 7) is 2.59. The van der Waals surface area contributed by atoms with Gasteiger partial charge in [-0.2, -0.15) is 27.0 Å². The minimum Gasteiger partial charge on any atom is -0.301 e. The van der Waals surface area contributed by atoms with E-state index in [0.29, 0.717) is 0 Å². The molecule has 2 nitrogen and oxygen atoms in total. The van der Waals surface area contributed by atoms with Gasteiger partial charge in [0.2, 0.25) is 0 Å². The first-order valence-electron chi connectivity index (χ1n) is 3.68. The highest BCUT2D eigenvalue weighted by Crippen LogP contribution is 2.27. The van der Waals surface area contributed by atoms with Crippen molar-refractivity contribution in [2.75, 3.05) is 27.2 Å². The molecule has 2 fully saturated rings. The van der Waals surface area contributed by atoms with E-state index in [-0.39, 0.29) is 27.0 Å². The minimum absolute atomic E-state index is 0. The van der Waals surface area contributed by atoms with Crippen molar-refractivity contribution in [3.63, 3.8) is 0 Å². The maximum absolute atomic E-state index is 2.48. The van der Waals surface area contributed by atoms with Gasteiger partial charge in [-0.25, -0.2) is 0 Å². The van der Waals surface area contributed by atoms with Crippen molar-refractivity contribution in [3.05, 3.63) is 0 Å². The molecule has 2 atom stereocenters. The van der Waals surface area contributed by atoms with Crippen molar-refractivity contribution in [1.82, 2.24) is 9.80 Å². The van der Waals surface area contributed by atoms with Crippen molar-refractivity contribution in [1.29, 1.82) is 0 Å². The van der Waals surface area contributed by atoms with E-state index in [0.717, 1.165) is 12.1 Å². The molecule has 0 saturated carbocycles. The predicted octanol–water partition coefficient (Wildman–Crippen LogP) is 0.230. The molecular formula is C7H18N2S2. The number of likely N-dealkylation sites (tertiary alicyclic amines) is 2. The Morgan fingerprint density at radius 1 is 0.909 bits per heavy atom. The van der Waals surface area contributed by atoms with Crippen LogP contribution in [0.15, 0.2) is 0 Å². The second-order valence-electron chi connectivity index (χ2n) is 3.42. The Morgan fingerprint density at radius 3 is 1.45 bits per heavy atom. The van der Waals surface area contributed by atoms with E-state index in [1.165, 1.54) is 19.5 Å². The molecule has 2 bridgehead atoms. The fourth-order valence-electron chi connectivity index (χ4n) is 2.06. The number of hydrogen-bond acceptors (Lipinski definition) is 2. The number of likely N-dealkylation sites (N-methyl/N-ethyl adjacent to an activating group) is 2. The largest absolute Gasteiger partial charge is 0.301 e. The van der Waals surface area contributed by atoms with Crippen LogP contribution < -0.4 is 0 Å². The molecule has 2 aliphatic heterocycles. The van der Waals surface area contributed by atoms with E-state index in [9.17, 15) is 0 Å². The number of nitrogens with zero attached hydrogens (tertiary/aromatic N) is 2. The zero-order valence-corrected chi connectivity index (χ0v) is 9.17. The molecular weight excluding hydrogens is 176 g/mol. The SMILES string of the molecule is CN1CC2CC1CN2C.S.S. The standard InChI is InChI=1S/C7H14N2.2H2S/c1-8-4-7-3-6(8)5-9(7)2;;/h6-7H,3-5H2,1-2H3;2*1H2. The van der Waals surface area contributed by atoms with Crippen LogP contribution in [-0.4, -0.2) is 49.1 Å². The number of rotatable bonds is 0. The minimum atomic E-state index is 0. The van der Waals surface area contributed by atoms with Crippen LogP contribution in [0, 0.1) is 0 Å². The van der Waals surface area contributed by atoms with E-state index >= 15 is 0 Å². The van der Waals surface area contributed by atoms with Crippen LogP contribution in [0.3, 0.4) is 0 Å². The van der Waals surface area contributed by atoms with Gasteiger partial charge in [-0.15, -0.1) is 0 Å². The second kappa shape index (κ2) is 4.03. The number of fused-ring (bicyclic) bond motifs is 2.